The highest BCUT2D eigenvalue weighted by molar-refractivity contribution is 5.77. The third-order valence-electron chi connectivity index (χ3n) is 6.54. The minimum atomic E-state index is -4.39. The first kappa shape index (κ1) is 27.0. The summed E-state index contributed by atoms with van der Waals surface area (Å²) in [5, 5.41) is 28.6. The van der Waals surface area contributed by atoms with E-state index in [1.165, 1.54) is 12.1 Å². The summed E-state index contributed by atoms with van der Waals surface area (Å²) < 4.78 is 39.4. The predicted octanol–water partition coefficient (Wildman–Crippen LogP) is 4.87. The summed E-state index contributed by atoms with van der Waals surface area (Å²) in [6.07, 6.45) is -4.99. The molecule has 1 heterocycles. The molecule has 4 aromatic rings. The predicted molar refractivity (Wildman–Crippen MR) is 135 cm³/mol. The number of alkyl halides is 3. The molecule has 3 aromatic carbocycles. The third-order valence-corrected chi connectivity index (χ3v) is 6.54. The normalized spacial score (nSPS) is 13.4. The van der Waals surface area contributed by atoms with Crippen LogP contribution in [0.3, 0.4) is 0 Å². The van der Waals surface area contributed by atoms with Crippen molar-refractivity contribution in [1.29, 1.82) is 0 Å². The van der Waals surface area contributed by atoms with Gasteiger partial charge in [0.2, 0.25) is 0 Å². The maximum absolute atomic E-state index is 12.8. The largest absolute Gasteiger partial charge is 0.481 e. The lowest BCUT2D eigenvalue weighted by molar-refractivity contribution is -0.146. The zero-order valence-electron chi connectivity index (χ0n) is 20.5. The van der Waals surface area contributed by atoms with Crippen LogP contribution in [0.1, 0.15) is 29.5 Å². The van der Waals surface area contributed by atoms with Crippen molar-refractivity contribution >= 4 is 16.9 Å². The Bertz CT molecular complexity index is 1480. The highest BCUT2D eigenvalue weighted by Crippen LogP contribution is 2.31. The van der Waals surface area contributed by atoms with Crippen molar-refractivity contribution in [2.24, 2.45) is 5.92 Å². The van der Waals surface area contributed by atoms with Crippen molar-refractivity contribution in [2.45, 2.75) is 45.0 Å². The molecule has 0 saturated heterocycles. The fourth-order valence-electron chi connectivity index (χ4n) is 4.31. The molecule has 1 aromatic heterocycles. The molecule has 0 unspecified atom stereocenters. The quantitative estimate of drug-likeness (QED) is 0.323. The Hall–Kier alpha value is -4.05. The van der Waals surface area contributed by atoms with Gasteiger partial charge in [0.25, 0.3) is 5.56 Å². The molecular formula is C28H26F3N3O4. The van der Waals surface area contributed by atoms with E-state index in [0.29, 0.717) is 22.9 Å². The van der Waals surface area contributed by atoms with Crippen LogP contribution in [0.15, 0.2) is 71.5 Å². The van der Waals surface area contributed by atoms with Gasteiger partial charge in [0.1, 0.15) is 5.52 Å². The Kier molecular flexibility index (Phi) is 7.91. The number of benzene rings is 3. The van der Waals surface area contributed by atoms with E-state index < -0.39 is 29.7 Å². The second kappa shape index (κ2) is 11.1. The number of aliphatic hydroxyl groups excluding tert-OH is 1. The number of fused-ring (bicyclic) bond motifs is 1. The number of aliphatic hydroxyl groups is 1. The van der Waals surface area contributed by atoms with Gasteiger partial charge in [0, 0.05) is 6.54 Å². The lowest BCUT2D eigenvalue weighted by atomic mass is 9.93. The van der Waals surface area contributed by atoms with E-state index in [0.717, 1.165) is 33.5 Å². The number of carboxylic acids is 1. The zero-order chi connectivity index (χ0) is 27.4. The molecule has 0 spiro atoms. The van der Waals surface area contributed by atoms with Crippen molar-refractivity contribution in [3.8, 4) is 11.1 Å². The zero-order valence-corrected chi connectivity index (χ0v) is 20.5. The van der Waals surface area contributed by atoms with E-state index >= 15 is 0 Å². The number of carboxylic acid groups (broad SMARTS) is 1. The van der Waals surface area contributed by atoms with Crippen LogP contribution in [-0.4, -0.2) is 37.3 Å². The molecule has 38 heavy (non-hydrogen) atoms. The summed E-state index contributed by atoms with van der Waals surface area (Å²) >= 11 is 0. The highest BCUT2D eigenvalue weighted by atomic mass is 19.4. The highest BCUT2D eigenvalue weighted by Gasteiger charge is 2.30. The molecule has 10 heteroatoms. The van der Waals surface area contributed by atoms with Crippen LogP contribution in [-0.2, 0) is 23.9 Å². The Labute approximate surface area is 216 Å². The fourth-order valence-corrected chi connectivity index (χ4v) is 4.31. The van der Waals surface area contributed by atoms with Crippen LogP contribution in [0, 0.1) is 12.8 Å². The first-order valence-electron chi connectivity index (χ1n) is 12.0. The summed E-state index contributed by atoms with van der Waals surface area (Å²) in [7, 11) is 0. The average molecular weight is 526 g/mol. The molecule has 198 valence electrons. The summed E-state index contributed by atoms with van der Waals surface area (Å²) in [5.74, 6) is -2.28. The fraction of sp³-hybridized carbons (Fsp3) is 0.286. The van der Waals surface area contributed by atoms with Gasteiger partial charge >= 0.3 is 12.1 Å². The number of halogens is 3. The molecule has 0 aliphatic heterocycles. The molecule has 0 radical (unpaired) electrons. The van der Waals surface area contributed by atoms with Gasteiger partial charge in [-0.3, -0.25) is 9.59 Å². The van der Waals surface area contributed by atoms with E-state index in [2.05, 4.69) is 10.3 Å². The molecule has 2 N–H and O–H groups in total. The molecule has 4 rings (SSSR count). The van der Waals surface area contributed by atoms with E-state index in [4.69, 9.17) is 0 Å². The van der Waals surface area contributed by atoms with Gasteiger partial charge in [-0.1, -0.05) is 53.2 Å². The first-order valence-corrected chi connectivity index (χ1v) is 12.0. The maximum atomic E-state index is 12.8. The number of aliphatic carboxylic acids is 1. The van der Waals surface area contributed by atoms with Crippen LogP contribution in [0.25, 0.3) is 22.0 Å². The Morgan fingerprint density at radius 2 is 1.61 bits per heavy atom. The minimum absolute atomic E-state index is 0.00469. The molecular weight excluding hydrogens is 499 g/mol. The van der Waals surface area contributed by atoms with E-state index in [1.807, 2.05) is 13.0 Å². The van der Waals surface area contributed by atoms with Gasteiger partial charge in [-0.05, 0) is 67.1 Å². The molecule has 0 aliphatic rings. The van der Waals surface area contributed by atoms with Crippen LogP contribution < -0.4 is 5.56 Å². The molecule has 0 aliphatic carbocycles. The lowest BCUT2D eigenvalue weighted by Crippen LogP contribution is -2.32. The topological polar surface area (TPSA) is 105 Å². The number of hydrogen-bond donors (Lipinski definition) is 2. The number of aryl methyl sites for hydroxylation is 3. The van der Waals surface area contributed by atoms with Crippen molar-refractivity contribution in [3.05, 3.63) is 93.8 Å². The molecule has 2 atom stereocenters. The van der Waals surface area contributed by atoms with Crippen LogP contribution in [0.4, 0.5) is 13.2 Å². The van der Waals surface area contributed by atoms with E-state index in [9.17, 15) is 33.0 Å². The Balaban J connectivity index is 1.37. The second-order valence-corrected chi connectivity index (χ2v) is 9.25. The van der Waals surface area contributed by atoms with Gasteiger partial charge < -0.3 is 10.2 Å². The standard InChI is InChI=1S/C28H26F3N3O4/c1-17-2-12-24-23(16-17)26(36)34(33-32-24)15-14-22(27(37)38)25(35)13-5-18-3-6-19(7-4-18)20-8-10-21(11-9-20)28(29,30)31/h2-4,6-12,16,22,25,35H,5,13-15H2,1H3,(H,37,38)/t22-,25-/m1/s1. The van der Waals surface area contributed by atoms with E-state index in [-0.39, 0.29) is 24.9 Å². The summed E-state index contributed by atoms with van der Waals surface area (Å²) in [6.45, 7) is 1.84. The Morgan fingerprint density at radius 1 is 0.974 bits per heavy atom. The number of carbonyl (C=O) groups is 1. The summed E-state index contributed by atoms with van der Waals surface area (Å²) in [4.78, 5) is 24.6. The third kappa shape index (κ3) is 6.25. The number of nitrogens with zero attached hydrogens (tertiary/aromatic N) is 3. The molecule has 0 saturated carbocycles. The second-order valence-electron chi connectivity index (χ2n) is 9.25. The summed E-state index contributed by atoms with van der Waals surface area (Å²) in [6, 6.07) is 17.2. The van der Waals surface area contributed by atoms with Crippen LogP contribution in [0.2, 0.25) is 0 Å². The van der Waals surface area contributed by atoms with E-state index in [1.54, 1.807) is 36.4 Å². The smallest absolute Gasteiger partial charge is 0.416 e. The monoisotopic (exact) mass is 525 g/mol. The maximum Gasteiger partial charge on any atom is 0.416 e. The van der Waals surface area contributed by atoms with Crippen molar-refractivity contribution < 1.29 is 28.2 Å². The number of hydrogen-bond acceptors (Lipinski definition) is 5. The number of rotatable bonds is 9. The van der Waals surface area contributed by atoms with Gasteiger partial charge in [-0.25, -0.2) is 4.68 Å². The molecule has 0 amide bonds. The van der Waals surface area contributed by atoms with Crippen LogP contribution in [0.5, 0.6) is 0 Å². The Morgan fingerprint density at radius 3 is 2.21 bits per heavy atom. The first-order chi connectivity index (χ1) is 18.0. The van der Waals surface area contributed by atoms with Crippen molar-refractivity contribution in [1.82, 2.24) is 15.0 Å². The molecule has 0 fully saturated rings. The van der Waals surface area contributed by atoms with Crippen LogP contribution >= 0.6 is 0 Å². The van der Waals surface area contributed by atoms with Gasteiger partial charge in [0.15, 0.2) is 0 Å². The average Bonchev–Trinajstić information content (AvgIpc) is 2.89. The lowest BCUT2D eigenvalue weighted by Gasteiger charge is -2.19. The van der Waals surface area contributed by atoms with Gasteiger partial charge in [0.05, 0.1) is 23.0 Å². The molecule has 7 nitrogen and oxygen atoms in total. The van der Waals surface area contributed by atoms with Gasteiger partial charge in [-0.2, -0.15) is 13.2 Å². The van der Waals surface area contributed by atoms with Gasteiger partial charge in [-0.15, -0.1) is 5.10 Å². The van der Waals surface area contributed by atoms with Crippen molar-refractivity contribution in [3.63, 3.8) is 0 Å². The SMILES string of the molecule is Cc1ccc2nnn(CC[C@@H](C(=O)O)[C@H](O)CCc3ccc(-c4ccc(C(F)(F)F)cc4)cc3)c(=O)c2c1. The summed E-state index contributed by atoms with van der Waals surface area (Å²) in [5.41, 5.74) is 2.48. The molecule has 0 bridgehead atoms. The van der Waals surface area contributed by atoms with Crippen molar-refractivity contribution in [2.75, 3.05) is 0 Å². The number of aromatic nitrogens is 3. The minimum Gasteiger partial charge on any atom is -0.481 e.